The van der Waals surface area contributed by atoms with Gasteiger partial charge in [-0.05, 0) is 32.1 Å². The second-order valence-electron chi connectivity index (χ2n) is 7.26. The maximum absolute atomic E-state index is 12.7. The van der Waals surface area contributed by atoms with Crippen LogP contribution in [0, 0.1) is 5.92 Å². The topological polar surface area (TPSA) is 104 Å². The minimum atomic E-state index is -0.877. The van der Waals surface area contributed by atoms with Gasteiger partial charge in [-0.1, -0.05) is 26.2 Å². The summed E-state index contributed by atoms with van der Waals surface area (Å²) in [6, 6.07) is 0.598. The number of nitrogens with one attached hydrogen (secondary N) is 1. The van der Waals surface area contributed by atoms with Gasteiger partial charge < -0.3 is 19.5 Å². The Balaban J connectivity index is 2.05. The van der Waals surface area contributed by atoms with Gasteiger partial charge in [0.05, 0.1) is 7.11 Å². The van der Waals surface area contributed by atoms with E-state index in [1.807, 2.05) is 6.92 Å². The fourth-order valence-corrected chi connectivity index (χ4v) is 3.59. The molecule has 8 nitrogen and oxygen atoms in total. The lowest BCUT2D eigenvalue weighted by Crippen LogP contribution is -2.42. The van der Waals surface area contributed by atoms with Crippen molar-refractivity contribution < 1.29 is 28.6 Å². The zero-order valence-corrected chi connectivity index (χ0v) is 17.5. The van der Waals surface area contributed by atoms with E-state index >= 15 is 0 Å². The van der Waals surface area contributed by atoms with E-state index in [1.165, 1.54) is 32.7 Å². The molecule has 1 amide bonds. The van der Waals surface area contributed by atoms with Crippen LogP contribution in [0.25, 0.3) is 0 Å². The molecule has 1 aromatic heterocycles. The third-order valence-electron chi connectivity index (χ3n) is 5.10. The molecule has 1 saturated carbocycles. The fourth-order valence-electron chi connectivity index (χ4n) is 3.59. The van der Waals surface area contributed by atoms with Crippen molar-refractivity contribution in [3.05, 3.63) is 18.0 Å². The molecule has 2 unspecified atom stereocenters. The molecule has 160 valence electrons. The number of nitrogens with zero attached hydrogens (tertiary/aromatic N) is 1. The summed E-state index contributed by atoms with van der Waals surface area (Å²) in [6.07, 6.45) is 7.62. The van der Waals surface area contributed by atoms with Crippen molar-refractivity contribution in [2.75, 3.05) is 7.11 Å². The number of hydrogen-bond acceptors (Lipinski definition) is 7. The van der Waals surface area contributed by atoms with Gasteiger partial charge in [-0.2, -0.15) is 0 Å². The van der Waals surface area contributed by atoms with Crippen LogP contribution in [0.3, 0.4) is 0 Å². The van der Waals surface area contributed by atoms with E-state index in [-0.39, 0.29) is 23.3 Å². The third-order valence-corrected chi connectivity index (χ3v) is 5.10. The van der Waals surface area contributed by atoms with Gasteiger partial charge in [0.2, 0.25) is 5.75 Å². The van der Waals surface area contributed by atoms with Crippen LogP contribution in [0.15, 0.2) is 12.3 Å². The predicted molar refractivity (Wildman–Crippen MR) is 106 cm³/mol. The molecule has 0 radical (unpaired) electrons. The lowest BCUT2D eigenvalue weighted by molar-refractivity contribution is -0.154. The first-order chi connectivity index (χ1) is 13.9. The number of hydrogen-bond donors (Lipinski definition) is 1. The molecule has 1 aromatic rings. The van der Waals surface area contributed by atoms with E-state index in [2.05, 4.69) is 10.3 Å². The minimum absolute atomic E-state index is 0.0887. The highest BCUT2D eigenvalue weighted by Crippen LogP contribution is 2.31. The molecule has 29 heavy (non-hydrogen) atoms. The lowest BCUT2D eigenvalue weighted by Gasteiger charge is -2.30. The van der Waals surface area contributed by atoms with E-state index < -0.39 is 23.9 Å². The van der Waals surface area contributed by atoms with E-state index in [9.17, 15) is 14.4 Å². The molecule has 1 aliphatic carbocycles. The Morgan fingerprint density at radius 1 is 1.24 bits per heavy atom. The summed E-state index contributed by atoms with van der Waals surface area (Å²) in [5.74, 6) is -1.29. The SMILES string of the molecule is CCC(OC(=O)C(C)NC(=O)c1nccc(OC)c1OC(C)=O)C1CCCCC1. The Bertz CT molecular complexity index is 730. The number of amides is 1. The maximum atomic E-state index is 12.7. The number of esters is 2. The van der Waals surface area contributed by atoms with Crippen LogP contribution in [0.2, 0.25) is 0 Å². The number of ether oxygens (including phenoxy) is 3. The van der Waals surface area contributed by atoms with Crippen LogP contribution in [0.4, 0.5) is 0 Å². The first-order valence-electron chi connectivity index (χ1n) is 10.1. The summed E-state index contributed by atoms with van der Waals surface area (Å²) in [5.41, 5.74) is -0.140. The highest BCUT2D eigenvalue weighted by Gasteiger charge is 2.29. The fraction of sp³-hybridized carbons (Fsp3) is 0.619. The lowest BCUT2D eigenvalue weighted by atomic mass is 9.84. The normalized spacial score (nSPS) is 16.4. The summed E-state index contributed by atoms with van der Waals surface area (Å²) in [5, 5.41) is 2.57. The molecule has 1 aliphatic rings. The molecule has 1 fully saturated rings. The Morgan fingerprint density at radius 2 is 1.93 bits per heavy atom. The van der Waals surface area contributed by atoms with Crippen LogP contribution in [0.1, 0.15) is 69.8 Å². The molecule has 2 rings (SSSR count). The molecule has 0 spiro atoms. The first kappa shape index (κ1) is 22.6. The number of pyridine rings is 1. The summed E-state index contributed by atoms with van der Waals surface area (Å²) in [7, 11) is 1.39. The molecule has 0 aliphatic heterocycles. The highest BCUT2D eigenvalue weighted by atomic mass is 16.6. The van der Waals surface area contributed by atoms with Crippen molar-refractivity contribution in [1.82, 2.24) is 10.3 Å². The Labute approximate surface area is 171 Å². The smallest absolute Gasteiger partial charge is 0.328 e. The summed E-state index contributed by atoms with van der Waals surface area (Å²) < 4.78 is 15.9. The predicted octanol–water partition coefficient (Wildman–Crippen LogP) is 3.04. The van der Waals surface area contributed by atoms with E-state index in [0.29, 0.717) is 5.92 Å². The second-order valence-corrected chi connectivity index (χ2v) is 7.26. The van der Waals surface area contributed by atoms with Crippen LogP contribution < -0.4 is 14.8 Å². The number of carbonyl (C=O) groups excluding carboxylic acids is 3. The molecule has 1 heterocycles. The Morgan fingerprint density at radius 3 is 2.52 bits per heavy atom. The molecule has 0 saturated heterocycles. The van der Waals surface area contributed by atoms with Crippen LogP contribution in [-0.4, -0.2) is 42.1 Å². The van der Waals surface area contributed by atoms with Gasteiger partial charge in [-0.3, -0.25) is 9.59 Å². The Hall–Kier alpha value is -2.64. The number of methoxy groups -OCH3 is 1. The van der Waals surface area contributed by atoms with Crippen LogP contribution in [0.5, 0.6) is 11.5 Å². The monoisotopic (exact) mass is 406 g/mol. The molecule has 8 heteroatoms. The van der Waals surface area contributed by atoms with Crippen molar-refractivity contribution >= 4 is 17.8 Å². The minimum Gasteiger partial charge on any atom is -0.493 e. The van der Waals surface area contributed by atoms with E-state index in [1.54, 1.807) is 6.92 Å². The van der Waals surface area contributed by atoms with Crippen molar-refractivity contribution in [2.45, 2.75) is 71.4 Å². The molecular weight excluding hydrogens is 376 g/mol. The van der Waals surface area contributed by atoms with Gasteiger partial charge >= 0.3 is 11.9 Å². The molecular formula is C21H30N2O6. The van der Waals surface area contributed by atoms with Gasteiger partial charge in [0.1, 0.15) is 12.1 Å². The largest absolute Gasteiger partial charge is 0.493 e. The van der Waals surface area contributed by atoms with Crippen LogP contribution >= 0.6 is 0 Å². The summed E-state index contributed by atoms with van der Waals surface area (Å²) in [4.78, 5) is 40.6. The van der Waals surface area contributed by atoms with Gasteiger partial charge in [0.15, 0.2) is 11.4 Å². The average Bonchev–Trinajstić information content (AvgIpc) is 2.72. The van der Waals surface area contributed by atoms with E-state index in [4.69, 9.17) is 14.2 Å². The number of carbonyl (C=O) groups is 3. The quantitative estimate of drug-likeness (QED) is 0.662. The van der Waals surface area contributed by atoms with Gasteiger partial charge in [-0.15, -0.1) is 0 Å². The molecule has 0 bridgehead atoms. The van der Waals surface area contributed by atoms with Gasteiger partial charge in [-0.25, -0.2) is 9.78 Å². The maximum Gasteiger partial charge on any atom is 0.328 e. The first-order valence-corrected chi connectivity index (χ1v) is 10.1. The van der Waals surface area contributed by atoms with Crippen molar-refractivity contribution in [2.24, 2.45) is 5.92 Å². The molecule has 1 N–H and O–H groups in total. The Kier molecular flexibility index (Phi) is 8.42. The molecule has 2 atom stereocenters. The van der Waals surface area contributed by atoms with Crippen LogP contribution in [-0.2, 0) is 14.3 Å². The summed E-state index contributed by atoms with van der Waals surface area (Å²) in [6.45, 7) is 4.77. The zero-order chi connectivity index (χ0) is 21.4. The van der Waals surface area contributed by atoms with E-state index in [0.717, 1.165) is 32.1 Å². The number of rotatable bonds is 8. The highest BCUT2D eigenvalue weighted by molar-refractivity contribution is 5.98. The van der Waals surface area contributed by atoms with Gasteiger partial charge in [0, 0.05) is 19.2 Å². The van der Waals surface area contributed by atoms with Gasteiger partial charge in [0.25, 0.3) is 5.91 Å². The second kappa shape index (κ2) is 10.8. The zero-order valence-electron chi connectivity index (χ0n) is 17.5. The van der Waals surface area contributed by atoms with Crippen molar-refractivity contribution in [3.8, 4) is 11.5 Å². The molecule has 0 aromatic carbocycles. The summed E-state index contributed by atoms with van der Waals surface area (Å²) >= 11 is 0. The average molecular weight is 406 g/mol. The van der Waals surface area contributed by atoms with Crippen molar-refractivity contribution in [1.29, 1.82) is 0 Å². The third kappa shape index (κ3) is 6.17. The number of aromatic nitrogens is 1. The van der Waals surface area contributed by atoms with Crippen molar-refractivity contribution in [3.63, 3.8) is 0 Å². The standard InChI is InChI=1S/C21H30N2O6/c1-5-16(15-9-7-6-8-10-15)29-21(26)13(2)23-20(25)18-19(28-14(3)24)17(27-4)11-12-22-18/h11-13,15-16H,5-10H2,1-4H3,(H,23,25).